The van der Waals surface area contributed by atoms with Crippen molar-refractivity contribution in [2.24, 2.45) is 5.92 Å². The van der Waals surface area contributed by atoms with Crippen LogP contribution < -0.4 is 5.32 Å². The summed E-state index contributed by atoms with van der Waals surface area (Å²) in [5.41, 5.74) is 0.794. The second-order valence-corrected chi connectivity index (χ2v) is 6.95. The van der Waals surface area contributed by atoms with Crippen molar-refractivity contribution in [1.29, 1.82) is 0 Å². The van der Waals surface area contributed by atoms with Gasteiger partial charge in [-0.15, -0.1) is 0 Å². The fourth-order valence-corrected chi connectivity index (χ4v) is 3.78. The highest BCUT2D eigenvalue weighted by atomic mass is 19.1. The second kappa shape index (κ2) is 7.39. The molecule has 25 heavy (non-hydrogen) atoms. The summed E-state index contributed by atoms with van der Waals surface area (Å²) in [4.78, 5) is 25.2. The van der Waals surface area contributed by atoms with Gasteiger partial charge >= 0.3 is 12.0 Å². The van der Waals surface area contributed by atoms with Crippen LogP contribution in [0.3, 0.4) is 0 Å². The van der Waals surface area contributed by atoms with E-state index >= 15 is 0 Å². The molecule has 0 radical (unpaired) electrons. The molecule has 2 unspecified atom stereocenters. The lowest BCUT2D eigenvalue weighted by Crippen LogP contribution is -2.46. The van der Waals surface area contributed by atoms with Crippen LogP contribution in [0.2, 0.25) is 0 Å². The molecule has 7 heteroatoms. The van der Waals surface area contributed by atoms with E-state index in [1.807, 2.05) is 0 Å². The first kappa shape index (κ1) is 17.7. The van der Waals surface area contributed by atoms with E-state index in [-0.39, 0.29) is 36.4 Å². The first-order valence-corrected chi connectivity index (χ1v) is 8.67. The van der Waals surface area contributed by atoms with Crippen LogP contribution >= 0.6 is 0 Å². The molecule has 3 rings (SSSR count). The van der Waals surface area contributed by atoms with Crippen molar-refractivity contribution in [3.05, 3.63) is 35.6 Å². The number of nitrogens with one attached hydrogen (secondary N) is 1. The minimum atomic E-state index is -0.774. The minimum Gasteiger partial charge on any atom is -0.481 e. The molecule has 1 heterocycles. The fraction of sp³-hybridized carbons (Fsp3) is 0.556. The van der Waals surface area contributed by atoms with E-state index in [9.17, 15) is 19.1 Å². The molecule has 0 aromatic heterocycles. The molecule has 1 saturated carbocycles. The molecule has 2 fully saturated rings. The zero-order valence-electron chi connectivity index (χ0n) is 13.9. The molecular weight excluding hydrogens is 327 g/mol. The van der Waals surface area contributed by atoms with Crippen LogP contribution in [0.4, 0.5) is 9.18 Å². The van der Waals surface area contributed by atoms with Crippen molar-refractivity contribution in [3.63, 3.8) is 0 Å². The van der Waals surface area contributed by atoms with Crippen LogP contribution in [-0.4, -0.2) is 45.8 Å². The number of aliphatic carboxylic acids is 1. The number of likely N-dealkylation sites (tertiary alicyclic amines) is 1. The first-order valence-electron chi connectivity index (χ1n) is 8.67. The number of β-amino-alcohol motifs (C(OH)–C–C–N with tert-alkyl or cyclic N) is 1. The van der Waals surface area contributed by atoms with Crippen LogP contribution in [0, 0.1) is 11.7 Å². The largest absolute Gasteiger partial charge is 0.481 e. The molecule has 1 saturated heterocycles. The predicted octanol–water partition coefficient (Wildman–Crippen LogP) is 2.29. The number of hydrogen-bond acceptors (Lipinski definition) is 3. The Morgan fingerprint density at radius 3 is 2.36 bits per heavy atom. The number of urea groups is 1. The van der Waals surface area contributed by atoms with Crippen molar-refractivity contribution in [2.45, 2.75) is 50.3 Å². The molecule has 6 nitrogen and oxygen atoms in total. The van der Waals surface area contributed by atoms with Gasteiger partial charge in [0.05, 0.1) is 18.1 Å². The lowest BCUT2D eigenvalue weighted by atomic mass is 9.86. The fourth-order valence-electron chi connectivity index (χ4n) is 3.78. The Hall–Kier alpha value is -2.15. The number of amides is 2. The van der Waals surface area contributed by atoms with Gasteiger partial charge in [0, 0.05) is 12.6 Å². The van der Waals surface area contributed by atoms with Crippen molar-refractivity contribution in [1.82, 2.24) is 10.2 Å². The van der Waals surface area contributed by atoms with E-state index < -0.39 is 12.1 Å². The summed E-state index contributed by atoms with van der Waals surface area (Å²) in [6.45, 7) is 0.234. The van der Waals surface area contributed by atoms with Crippen LogP contribution in [-0.2, 0) is 4.79 Å². The Bertz CT molecular complexity index is 628. The molecule has 0 spiro atoms. The number of halogens is 1. The number of aliphatic hydroxyl groups excluding tert-OH is 1. The van der Waals surface area contributed by atoms with Gasteiger partial charge < -0.3 is 20.4 Å². The molecule has 1 aliphatic heterocycles. The van der Waals surface area contributed by atoms with Gasteiger partial charge in [0.1, 0.15) is 5.82 Å². The van der Waals surface area contributed by atoms with Crippen molar-refractivity contribution >= 4 is 12.0 Å². The SMILES string of the molecule is O=C(O)C1CCC(NC(=O)N2CC(O)CC2c2ccc(F)cc2)CC1. The van der Waals surface area contributed by atoms with Gasteiger partial charge in [-0.05, 0) is 49.8 Å². The molecule has 2 amide bonds. The highest BCUT2D eigenvalue weighted by Gasteiger charge is 2.36. The van der Waals surface area contributed by atoms with Crippen LogP contribution in [0.5, 0.6) is 0 Å². The van der Waals surface area contributed by atoms with Crippen molar-refractivity contribution in [2.75, 3.05) is 6.54 Å². The summed E-state index contributed by atoms with van der Waals surface area (Å²) < 4.78 is 13.1. The quantitative estimate of drug-likeness (QED) is 0.780. The third kappa shape index (κ3) is 4.10. The zero-order chi connectivity index (χ0) is 18.0. The Labute approximate surface area is 145 Å². The summed E-state index contributed by atoms with van der Waals surface area (Å²) in [7, 11) is 0. The molecule has 1 aromatic rings. The monoisotopic (exact) mass is 350 g/mol. The number of aliphatic hydroxyl groups is 1. The number of carbonyl (C=O) groups excluding carboxylic acids is 1. The Kier molecular flexibility index (Phi) is 5.22. The standard InChI is InChI=1S/C18H23FN2O4/c19-13-5-1-11(2-6-13)16-9-15(22)10-21(16)18(25)20-14-7-3-12(4-8-14)17(23)24/h1-2,5-6,12,14-16,22H,3-4,7-10H2,(H,20,25)(H,23,24). The number of carboxylic acids is 1. The van der Waals surface area contributed by atoms with Gasteiger partial charge in [-0.3, -0.25) is 4.79 Å². The minimum absolute atomic E-state index is 0.0466. The third-order valence-corrected chi connectivity index (χ3v) is 5.20. The molecule has 2 aliphatic rings. The Morgan fingerprint density at radius 2 is 1.76 bits per heavy atom. The van der Waals surface area contributed by atoms with E-state index in [1.165, 1.54) is 12.1 Å². The number of nitrogens with zero attached hydrogens (tertiary/aromatic N) is 1. The topological polar surface area (TPSA) is 89.9 Å². The van der Waals surface area contributed by atoms with E-state index in [2.05, 4.69) is 5.32 Å². The van der Waals surface area contributed by atoms with Gasteiger partial charge in [0.15, 0.2) is 0 Å². The van der Waals surface area contributed by atoms with Gasteiger partial charge in [-0.2, -0.15) is 0 Å². The Morgan fingerprint density at radius 1 is 1.12 bits per heavy atom. The number of carbonyl (C=O) groups is 2. The van der Waals surface area contributed by atoms with Crippen LogP contribution in [0.15, 0.2) is 24.3 Å². The maximum Gasteiger partial charge on any atom is 0.318 e. The molecule has 0 bridgehead atoms. The molecular formula is C18H23FN2O4. The molecule has 3 N–H and O–H groups in total. The van der Waals surface area contributed by atoms with Gasteiger partial charge in [-0.1, -0.05) is 12.1 Å². The number of carboxylic acid groups (broad SMARTS) is 1. The Balaban J connectivity index is 1.62. The highest BCUT2D eigenvalue weighted by molar-refractivity contribution is 5.76. The van der Waals surface area contributed by atoms with Gasteiger partial charge in [0.2, 0.25) is 0 Å². The first-order chi connectivity index (χ1) is 11.9. The number of hydrogen-bond donors (Lipinski definition) is 3. The number of rotatable bonds is 3. The predicted molar refractivity (Wildman–Crippen MR) is 88.4 cm³/mol. The van der Waals surface area contributed by atoms with E-state index in [0.717, 1.165) is 5.56 Å². The summed E-state index contributed by atoms with van der Waals surface area (Å²) in [5.74, 6) is -1.44. The summed E-state index contributed by atoms with van der Waals surface area (Å²) >= 11 is 0. The normalized spacial score (nSPS) is 29.4. The van der Waals surface area contributed by atoms with E-state index in [0.29, 0.717) is 32.1 Å². The van der Waals surface area contributed by atoms with Crippen LogP contribution in [0.25, 0.3) is 0 Å². The zero-order valence-corrected chi connectivity index (χ0v) is 13.9. The average Bonchev–Trinajstić information content (AvgIpc) is 2.98. The van der Waals surface area contributed by atoms with Crippen LogP contribution in [0.1, 0.15) is 43.7 Å². The number of benzene rings is 1. The molecule has 1 aromatic carbocycles. The van der Waals surface area contributed by atoms with Crippen molar-refractivity contribution < 1.29 is 24.2 Å². The molecule has 1 aliphatic carbocycles. The van der Waals surface area contributed by atoms with E-state index in [4.69, 9.17) is 5.11 Å². The van der Waals surface area contributed by atoms with Gasteiger partial charge in [-0.25, -0.2) is 9.18 Å². The summed E-state index contributed by atoms with van der Waals surface area (Å²) in [5, 5.41) is 22.0. The third-order valence-electron chi connectivity index (χ3n) is 5.20. The highest BCUT2D eigenvalue weighted by Crippen LogP contribution is 2.33. The molecule has 2 atom stereocenters. The van der Waals surface area contributed by atoms with Crippen molar-refractivity contribution in [3.8, 4) is 0 Å². The maximum atomic E-state index is 13.1. The maximum absolute atomic E-state index is 13.1. The smallest absolute Gasteiger partial charge is 0.318 e. The van der Waals surface area contributed by atoms with Gasteiger partial charge in [0.25, 0.3) is 0 Å². The average molecular weight is 350 g/mol. The lowest BCUT2D eigenvalue weighted by molar-refractivity contribution is -0.142. The second-order valence-electron chi connectivity index (χ2n) is 6.95. The summed E-state index contributed by atoms with van der Waals surface area (Å²) in [6.07, 6.45) is 2.21. The lowest BCUT2D eigenvalue weighted by Gasteiger charge is -2.31. The summed E-state index contributed by atoms with van der Waals surface area (Å²) in [6, 6.07) is 5.38. The van der Waals surface area contributed by atoms with E-state index in [1.54, 1.807) is 17.0 Å². The molecule has 136 valence electrons.